The highest BCUT2D eigenvalue weighted by atomic mass is 16.2. The lowest BCUT2D eigenvalue weighted by Crippen LogP contribution is -2.38. The minimum atomic E-state index is -0.251. The third-order valence-electron chi connectivity index (χ3n) is 4.33. The van der Waals surface area contributed by atoms with Crippen LogP contribution in [0.25, 0.3) is 5.69 Å². The largest absolute Gasteiger partial charge is 0.344 e. The molecule has 0 saturated heterocycles. The Morgan fingerprint density at radius 2 is 1.96 bits per heavy atom. The van der Waals surface area contributed by atoms with Crippen molar-refractivity contribution < 1.29 is 9.59 Å². The van der Waals surface area contributed by atoms with E-state index >= 15 is 0 Å². The number of benzene rings is 1. The molecule has 0 saturated carbocycles. The molecule has 2 amide bonds. The van der Waals surface area contributed by atoms with E-state index in [0.29, 0.717) is 18.6 Å². The predicted octanol–water partition coefficient (Wildman–Crippen LogP) is 1.97. The van der Waals surface area contributed by atoms with Crippen molar-refractivity contribution in [2.75, 3.05) is 7.05 Å². The van der Waals surface area contributed by atoms with Crippen molar-refractivity contribution in [3.63, 3.8) is 0 Å². The fourth-order valence-corrected chi connectivity index (χ4v) is 2.87. The first kappa shape index (κ1) is 16.9. The third kappa shape index (κ3) is 3.45. The van der Waals surface area contributed by atoms with Gasteiger partial charge in [-0.3, -0.25) is 9.59 Å². The zero-order valence-corrected chi connectivity index (χ0v) is 14.6. The van der Waals surface area contributed by atoms with Crippen molar-refractivity contribution >= 4 is 17.5 Å². The van der Waals surface area contributed by atoms with Gasteiger partial charge in [0, 0.05) is 31.1 Å². The van der Waals surface area contributed by atoms with Crippen molar-refractivity contribution in [3.8, 4) is 5.69 Å². The summed E-state index contributed by atoms with van der Waals surface area (Å²) in [6.07, 6.45) is 2.44. The van der Waals surface area contributed by atoms with Crippen LogP contribution in [0.15, 0.2) is 41.6 Å². The minimum absolute atomic E-state index is 0.0791. The van der Waals surface area contributed by atoms with E-state index in [-0.39, 0.29) is 17.9 Å². The number of nitrogens with one attached hydrogen (secondary N) is 1. The first-order valence-electron chi connectivity index (χ1n) is 8.22. The highest BCUT2D eigenvalue weighted by Gasteiger charge is 2.24. The van der Waals surface area contributed by atoms with Gasteiger partial charge in [-0.2, -0.15) is 10.2 Å². The highest BCUT2D eigenvalue weighted by molar-refractivity contribution is 6.39. The van der Waals surface area contributed by atoms with Crippen LogP contribution >= 0.6 is 0 Å². The second-order valence-electron chi connectivity index (χ2n) is 6.09. The number of hydrazone groups is 1. The minimum Gasteiger partial charge on any atom is -0.344 e. The number of carbonyl (C=O) groups is 2. The van der Waals surface area contributed by atoms with Gasteiger partial charge in [-0.15, -0.1) is 0 Å². The van der Waals surface area contributed by atoms with Crippen molar-refractivity contribution in [3.05, 3.63) is 47.8 Å². The highest BCUT2D eigenvalue weighted by Crippen LogP contribution is 2.20. The van der Waals surface area contributed by atoms with Gasteiger partial charge in [0.2, 0.25) is 5.91 Å². The molecule has 7 heteroatoms. The number of carbonyl (C=O) groups excluding carboxylic acids is 2. The number of hydrogen-bond donors (Lipinski definition) is 1. The van der Waals surface area contributed by atoms with Crippen LogP contribution in [-0.4, -0.2) is 39.4 Å². The molecular formula is C18H21N5O2. The summed E-state index contributed by atoms with van der Waals surface area (Å²) in [7, 11) is 1.56. The Morgan fingerprint density at radius 1 is 1.24 bits per heavy atom. The summed E-state index contributed by atoms with van der Waals surface area (Å²) in [4.78, 5) is 23.9. The zero-order chi connectivity index (χ0) is 18.0. The molecule has 1 aliphatic heterocycles. The molecular weight excluding hydrogens is 318 g/mol. The molecule has 130 valence electrons. The van der Waals surface area contributed by atoms with Crippen LogP contribution in [0.1, 0.15) is 37.1 Å². The van der Waals surface area contributed by atoms with E-state index in [4.69, 9.17) is 0 Å². The second kappa shape index (κ2) is 6.88. The van der Waals surface area contributed by atoms with Crippen molar-refractivity contribution in [2.45, 2.75) is 32.7 Å². The van der Waals surface area contributed by atoms with Crippen LogP contribution in [0.2, 0.25) is 0 Å². The average molecular weight is 339 g/mol. The molecule has 3 rings (SSSR count). The van der Waals surface area contributed by atoms with Crippen molar-refractivity contribution in [1.82, 2.24) is 20.1 Å². The smallest absolute Gasteiger partial charge is 0.267 e. The van der Waals surface area contributed by atoms with E-state index < -0.39 is 0 Å². The van der Waals surface area contributed by atoms with Gasteiger partial charge in [-0.05, 0) is 26.0 Å². The molecule has 1 N–H and O–H groups in total. The number of rotatable bonds is 4. The molecule has 1 aromatic carbocycles. The number of nitrogens with zero attached hydrogens (tertiary/aromatic N) is 4. The van der Waals surface area contributed by atoms with Gasteiger partial charge in [0.1, 0.15) is 5.71 Å². The standard InChI is InChI=1S/C18H21N5O2/c1-12(20-18(25)16-9-10-17(24)22(3)21-16)15-11-19-23(13(15)2)14-7-5-4-6-8-14/h4-8,11-12H,9-10H2,1-3H3,(H,20,25)/t12-/m1/s1. The van der Waals surface area contributed by atoms with Gasteiger partial charge in [0.25, 0.3) is 5.91 Å². The second-order valence-corrected chi connectivity index (χ2v) is 6.09. The number of amides is 2. The fraction of sp³-hybridized carbons (Fsp3) is 0.333. The summed E-state index contributed by atoms with van der Waals surface area (Å²) in [5.74, 6) is -0.330. The van der Waals surface area contributed by atoms with Gasteiger partial charge in [0.05, 0.1) is 17.9 Å². The lowest BCUT2D eigenvalue weighted by molar-refractivity contribution is -0.130. The van der Waals surface area contributed by atoms with Crippen LogP contribution in [0.5, 0.6) is 0 Å². The van der Waals surface area contributed by atoms with Gasteiger partial charge in [-0.25, -0.2) is 9.69 Å². The Balaban J connectivity index is 1.75. The molecule has 0 fully saturated rings. The molecule has 7 nitrogen and oxygen atoms in total. The summed E-state index contributed by atoms with van der Waals surface area (Å²) >= 11 is 0. The van der Waals surface area contributed by atoms with Crippen LogP contribution in [-0.2, 0) is 9.59 Å². The van der Waals surface area contributed by atoms with Crippen LogP contribution < -0.4 is 5.32 Å². The van der Waals surface area contributed by atoms with Gasteiger partial charge in [-0.1, -0.05) is 18.2 Å². The van der Waals surface area contributed by atoms with E-state index in [1.54, 1.807) is 13.2 Å². The van der Waals surface area contributed by atoms with Gasteiger partial charge < -0.3 is 5.32 Å². The maximum atomic E-state index is 12.4. The maximum Gasteiger partial charge on any atom is 0.267 e. The lowest BCUT2D eigenvalue weighted by atomic mass is 10.1. The van der Waals surface area contributed by atoms with Gasteiger partial charge in [0.15, 0.2) is 0 Å². The molecule has 0 unspecified atom stereocenters. The topological polar surface area (TPSA) is 79.6 Å². The van der Waals surface area contributed by atoms with E-state index in [0.717, 1.165) is 16.9 Å². The first-order chi connectivity index (χ1) is 12.0. The molecule has 25 heavy (non-hydrogen) atoms. The normalized spacial score (nSPS) is 15.7. The molecule has 1 atom stereocenters. The molecule has 1 aliphatic rings. The Labute approximate surface area is 146 Å². The summed E-state index contributed by atoms with van der Waals surface area (Å²) in [6, 6.07) is 9.63. The molecule has 2 aromatic rings. The summed E-state index contributed by atoms with van der Waals surface area (Å²) in [5, 5.41) is 12.7. The molecule has 0 bridgehead atoms. The summed E-state index contributed by atoms with van der Waals surface area (Å²) in [5.41, 5.74) is 3.26. The quantitative estimate of drug-likeness (QED) is 0.925. The fourth-order valence-electron chi connectivity index (χ4n) is 2.87. The predicted molar refractivity (Wildman–Crippen MR) is 94.3 cm³/mol. The molecule has 0 spiro atoms. The molecule has 0 radical (unpaired) electrons. The van der Waals surface area contributed by atoms with Crippen molar-refractivity contribution in [2.24, 2.45) is 5.10 Å². The monoisotopic (exact) mass is 339 g/mol. The van der Waals surface area contributed by atoms with E-state index in [9.17, 15) is 9.59 Å². The van der Waals surface area contributed by atoms with E-state index in [1.807, 2.05) is 48.9 Å². The van der Waals surface area contributed by atoms with E-state index in [2.05, 4.69) is 15.5 Å². The lowest BCUT2D eigenvalue weighted by Gasteiger charge is -2.20. The van der Waals surface area contributed by atoms with Crippen LogP contribution in [0.4, 0.5) is 0 Å². The third-order valence-corrected chi connectivity index (χ3v) is 4.33. The SMILES string of the molecule is Cc1c([C@@H](C)NC(=O)C2=NN(C)C(=O)CC2)cnn1-c1ccccc1. The molecule has 0 aliphatic carbocycles. The van der Waals surface area contributed by atoms with Crippen LogP contribution in [0.3, 0.4) is 0 Å². The molecule has 1 aromatic heterocycles. The number of aromatic nitrogens is 2. The summed E-state index contributed by atoms with van der Waals surface area (Å²) in [6.45, 7) is 3.89. The number of hydrogen-bond acceptors (Lipinski definition) is 4. The zero-order valence-electron chi connectivity index (χ0n) is 14.6. The van der Waals surface area contributed by atoms with Gasteiger partial charge >= 0.3 is 0 Å². The maximum absolute atomic E-state index is 12.4. The Kier molecular flexibility index (Phi) is 4.65. The average Bonchev–Trinajstić information content (AvgIpc) is 2.99. The Bertz CT molecular complexity index is 825. The number of para-hydroxylation sites is 1. The first-order valence-corrected chi connectivity index (χ1v) is 8.22. The summed E-state index contributed by atoms with van der Waals surface area (Å²) < 4.78 is 1.85. The molecule has 2 heterocycles. The Morgan fingerprint density at radius 3 is 2.64 bits per heavy atom. The Hall–Kier alpha value is -2.96. The van der Waals surface area contributed by atoms with Crippen LogP contribution in [0, 0.1) is 6.92 Å². The van der Waals surface area contributed by atoms with Crippen molar-refractivity contribution in [1.29, 1.82) is 0 Å². The van der Waals surface area contributed by atoms with E-state index in [1.165, 1.54) is 5.01 Å².